The fourth-order valence-electron chi connectivity index (χ4n) is 3.44. The van der Waals surface area contributed by atoms with Gasteiger partial charge in [-0.15, -0.1) is 0 Å². The van der Waals surface area contributed by atoms with Gasteiger partial charge in [0.15, 0.2) is 0 Å². The number of likely N-dealkylation sites (tertiary alicyclic amines) is 1. The smallest absolute Gasteiger partial charge is 0.00670 e. The highest BCUT2D eigenvalue weighted by molar-refractivity contribution is 4.76. The third-order valence-electron chi connectivity index (χ3n) is 4.67. The van der Waals surface area contributed by atoms with Gasteiger partial charge in [0, 0.05) is 6.04 Å². The van der Waals surface area contributed by atoms with Gasteiger partial charge < -0.3 is 10.2 Å². The van der Waals surface area contributed by atoms with Crippen LogP contribution in [0.1, 0.15) is 58.3 Å². The van der Waals surface area contributed by atoms with Gasteiger partial charge in [-0.1, -0.05) is 19.3 Å². The van der Waals surface area contributed by atoms with E-state index in [2.05, 4.69) is 17.1 Å². The fraction of sp³-hybridized carbons (Fsp3) is 1.00. The highest BCUT2D eigenvalue weighted by Crippen LogP contribution is 2.26. The minimum atomic E-state index is 0.744. The van der Waals surface area contributed by atoms with E-state index < -0.39 is 0 Å². The molecule has 1 heterocycles. The molecule has 2 nitrogen and oxygen atoms in total. The number of hydrogen-bond donors (Lipinski definition) is 1. The number of nitrogens with one attached hydrogen (secondary N) is 1. The lowest BCUT2D eigenvalue weighted by Gasteiger charge is -2.28. The van der Waals surface area contributed by atoms with Gasteiger partial charge in [-0.05, 0) is 71.1 Å². The Balaban J connectivity index is 1.51. The summed E-state index contributed by atoms with van der Waals surface area (Å²) in [4.78, 5) is 2.62. The lowest BCUT2D eigenvalue weighted by atomic mass is 9.84. The van der Waals surface area contributed by atoms with E-state index in [0.29, 0.717) is 0 Å². The zero-order valence-corrected chi connectivity index (χ0v) is 11.6. The van der Waals surface area contributed by atoms with Gasteiger partial charge in [0.1, 0.15) is 0 Å². The van der Waals surface area contributed by atoms with Gasteiger partial charge in [-0.25, -0.2) is 0 Å². The number of hydrogen-bond acceptors (Lipinski definition) is 2. The van der Waals surface area contributed by atoms with E-state index in [1.54, 1.807) is 0 Å². The van der Waals surface area contributed by atoms with Crippen LogP contribution >= 0.6 is 0 Å². The first kappa shape index (κ1) is 13.4. The van der Waals surface area contributed by atoms with Crippen LogP contribution in [0.15, 0.2) is 0 Å². The molecule has 1 atom stereocenters. The second kappa shape index (κ2) is 7.38. The maximum atomic E-state index is 3.75. The normalized spacial score (nSPS) is 25.2. The molecular formula is C15H30N2. The third kappa shape index (κ3) is 4.59. The molecule has 1 N–H and O–H groups in total. The first-order valence-electron chi connectivity index (χ1n) is 7.82. The minimum absolute atomic E-state index is 0.744. The van der Waals surface area contributed by atoms with Gasteiger partial charge in [-0.3, -0.25) is 0 Å². The molecule has 0 aromatic rings. The van der Waals surface area contributed by atoms with Crippen molar-refractivity contribution in [3.8, 4) is 0 Å². The van der Waals surface area contributed by atoms with Gasteiger partial charge in [0.25, 0.3) is 0 Å². The molecule has 0 bridgehead atoms. The molecule has 2 aliphatic rings. The van der Waals surface area contributed by atoms with Crippen molar-refractivity contribution >= 4 is 0 Å². The highest BCUT2D eigenvalue weighted by atomic mass is 15.1. The molecule has 1 aliphatic heterocycles. The standard InChI is InChI=1S/C15H30N2/c1-14(15-8-3-2-4-9-15)16-10-7-13-17-11-5-6-12-17/h14-16H,2-13H2,1H3/t14-/m1/s1. The van der Waals surface area contributed by atoms with Crippen LogP contribution in [0.25, 0.3) is 0 Å². The summed E-state index contributed by atoms with van der Waals surface area (Å²) < 4.78 is 0. The van der Waals surface area contributed by atoms with Gasteiger partial charge >= 0.3 is 0 Å². The van der Waals surface area contributed by atoms with Crippen LogP contribution in [-0.4, -0.2) is 37.1 Å². The van der Waals surface area contributed by atoms with Crippen LogP contribution in [0.3, 0.4) is 0 Å². The average Bonchev–Trinajstić information content (AvgIpc) is 2.88. The molecule has 0 aromatic carbocycles. The van der Waals surface area contributed by atoms with Gasteiger partial charge in [0.05, 0.1) is 0 Å². The van der Waals surface area contributed by atoms with E-state index in [-0.39, 0.29) is 0 Å². The van der Waals surface area contributed by atoms with Crippen molar-refractivity contribution in [3.63, 3.8) is 0 Å². The maximum Gasteiger partial charge on any atom is 0.00670 e. The zero-order valence-electron chi connectivity index (χ0n) is 11.6. The molecule has 100 valence electrons. The molecule has 2 fully saturated rings. The number of nitrogens with zero attached hydrogens (tertiary/aromatic N) is 1. The SMILES string of the molecule is C[C@@H](NCCCN1CCCC1)C1CCCCC1. The lowest BCUT2D eigenvalue weighted by Crippen LogP contribution is -2.36. The van der Waals surface area contributed by atoms with E-state index >= 15 is 0 Å². The number of rotatable bonds is 6. The predicted octanol–water partition coefficient (Wildman–Crippen LogP) is 3.03. The molecule has 2 heteroatoms. The van der Waals surface area contributed by atoms with Gasteiger partial charge in [-0.2, -0.15) is 0 Å². The molecule has 0 aromatic heterocycles. The minimum Gasteiger partial charge on any atom is -0.314 e. The second-order valence-electron chi connectivity index (χ2n) is 6.04. The Bertz CT molecular complexity index is 193. The molecule has 0 unspecified atom stereocenters. The highest BCUT2D eigenvalue weighted by Gasteiger charge is 2.19. The lowest BCUT2D eigenvalue weighted by molar-refractivity contribution is 0.273. The van der Waals surface area contributed by atoms with Crippen LogP contribution in [0.5, 0.6) is 0 Å². The molecule has 2 rings (SSSR count). The Kier molecular flexibility index (Phi) is 5.79. The van der Waals surface area contributed by atoms with Crippen molar-refractivity contribution < 1.29 is 0 Å². The van der Waals surface area contributed by atoms with E-state index in [0.717, 1.165) is 12.0 Å². The molecule has 0 radical (unpaired) electrons. The first-order valence-corrected chi connectivity index (χ1v) is 7.82. The summed E-state index contributed by atoms with van der Waals surface area (Å²) in [6, 6.07) is 0.744. The summed E-state index contributed by atoms with van der Waals surface area (Å²) in [7, 11) is 0. The van der Waals surface area contributed by atoms with Crippen molar-refractivity contribution in [1.82, 2.24) is 10.2 Å². The fourth-order valence-corrected chi connectivity index (χ4v) is 3.44. The van der Waals surface area contributed by atoms with Crippen LogP contribution in [0, 0.1) is 5.92 Å². The quantitative estimate of drug-likeness (QED) is 0.716. The van der Waals surface area contributed by atoms with Crippen molar-refractivity contribution in [1.29, 1.82) is 0 Å². The second-order valence-corrected chi connectivity index (χ2v) is 6.04. The Morgan fingerprint density at radius 1 is 1.06 bits per heavy atom. The van der Waals surface area contributed by atoms with Crippen LogP contribution in [0.2, 0.25) is 0 Å². The summed E-state index contributed by atoms with van der Waals surface area (Å²) in [6.07, 6.45) is 11.5. The van der Waals surface area contributed by atoms with E-state index in [1.165, 1.54) is 77.5 Å². The van der Waals surface area contributed by atoms with Crippen LogP contribution in [-0.2, 0) is 0 Å². The Labute approximate surface area is 107 Å². The molecule has 1 saturated heterocycles. The molecule has 17 heavy (non-hydrogen) atoms. The van der Waals surface area contributed by atoms with E-state index in [1.807, 2.05) is 0 Å². The summed E-state index contributed by atoms with van der Waals surface area (Å²) in [5, 5.41) is 3.75. The summed E-state index contributed by atoms with van der Waals surface area (Å²) in [5.41, 5.74) is 0. The summed E-state index contributed by atoms with van der Waals surface area (Å²) >= 11 is 0. The Hall–Kier alpha value is -0.0800. The third-order valence-corrected chi connectivity index (χ3v) is 4.67. The van der Waals surface area contributed by atoms with Crippen molar-refractivity contribution in [2.45, 2.75) is 64.3 Å². The van der Waals surface area contributed by atoms with Crippen molar-refractivity contribution in [2.75, 3.05) is 26.2 Å². The topological polar surface area (TPSA) is 15.3 Å². The average molecular weight is 238 g/mol. The Morgan fingerprint density at radius 3 is 2.47 bits per heavy atom. The monoisotopic (exact) mass is 238 g/mol. The van der Waals surface area contributed by atoms with Gasteiger partial charge in [0.2, 0.25) is 0 Å². The van der Waals surface area contributed by atoms with E-state index in [9.17, 15) is 0 Å². The Morgan fingerprint density at radius 2 is 1.76 bits per heavy atom. The van der Waals surface area contributed by atoms with Crippen molar-refractivity contribution in [2.24, 2.45) is 5.92 Å². The summed E-state index contributed by atoms with van der Waals surface area (Å²) in [6.45, 7) is 7.61. The molecule has 0 amide bonds. The maximum absolute atomic E-state index is 3.75. The largest absolute Gasteiger partial charge is 0.314 e. The summed E-state index contributed by atoms with van der Waals surface area (Å²) in [5.74, 6) is 0.954. The molecule has 1 aliphatic carbocycles. The van der Waals surface area contributed by atoms with E-state index in [4.69, 9.17) is 0 Å². The predicted molar refractivity (Wildman–Crippen MR) is 74.3 cm³/mol. The first-order chi connectivity index (χ1) is 8.36. The molecular weight excluding hydrogens is 208 g/mol. The molecule has 1 saturated carbocycles. The van der Waals surface area contributed by atoms with Crippen LogP contribution in [0.4, 0.5) is 0 Å². The van der Waals surface area contributed by atoms with Crippen molar-refractivity contribution in [3.05, 3.63) is 0 Å². The van der Waals surface area contributed by atoms with Crippen LogP contribution < -0.4 is 5.32 Å². The molecule has 0 spiro atoms. The zero-order chi connectivity index (χ0) is 11.9.